The van der Waals surface area contributed by atoms with E-state index in [0.717, 1.165) is 5.25 Å². The summed E-state index contributed by atoms with van der Waals surface area (Å²) in [4.78, 5) is 11.5. The van der Waals surface area contributed by atoms with Crippen LogP contribution in [0.25, 0.3) is 0 Å². The standard InChI is InChI=1S/C12H22N2OS/c1-2-16-11-6-5-10(7-11)13-8-12(15)14-9-3-4-9/h9-11,13H,2-8H2,1H3,(H,14,15). The van der Waals surface area contributed by atoms with Crippen molar-refractivity contribution in [2.24, 2.45) is 0 Å². The Morgan fingerprint density at radius 3 is 2.69 bits per heavy atom. The highest BCUT2D eigenvalue weighted by Crippen LogP contribution is 2.29. The first kappa shape index (κ1) is 12.2. The van der Waals surface area contributed by atoms with Gasteiger partial charge in [0.05, 0.1) is 6.54 Å². The van der Waals surface area contributed by atoms with E-state index >= 15 is 0 Å². The van der Waals surface area contributed by atoms with Crippen molar-refractivity contribution in [1.82, 2.24) is 10.6 Å². The third kappa shape index (κ3) is 3.98. The normalized spacial score (nSPS) is 29.3. The molecule has 0 aromatic heterocycles. The SMILES string of the molecule is CCSC1CCC(NCC(=O)NC2CC2)C1. The van der Waals surface area contributed by atoms with Crippen LogP contribution in [0.4, 0.5) is 0 Å². The zero-order chi connectivity index (χ0) is 11.4. The third-order valence-electron chi connectivity index (χ3n) is 3.28. The predicted octanol–water partition coefficient (Wildman–Crippen LogP) is 1.53. The van der Waals surface area contributed by atoms with E-state index in [-0.39, 0.29) is 5.91 Å². The van der Waals surface area contributed by atoms with Gasteiger partial charge in [-0.25, -0.2) is 0 Å². The maximum atomic E-state index is 11.5. The second-order valence-corrected chi connectivity index (χ2v) is 6.39. The van der Waals surface area contributed by atoms with Crippen LogP contribution in [-0.4, -0.2) is 35.5 Å². The zero-order valence-electron chi connectivity index (χ0n) is 10.00. The van der Waals surface area contributed by atoms with Crippen molar-refractivity contribution in [2.45, 2.75) is 56.4 Å². The maximum absolute atomic E-state index is 11.5. The fourth-order valence-corrected chi connectivity index (χ4v) is 3.40. The molecule has 2 unspecified atom stereocenters. The van der Waals surface area contributed by atoms with E-state index < -0.39 is 0 Å². The molecule has 0 heterocycles. The van der Waals surface area contributed by atoms with Crippen molar-refractivity contribution in [3.63, 3.8) is 0 Å². The molecular formula is C12H22N2OS. The summed E-state index contributed by atoms with van der Waals surface area (Å²) in [6, 6.07) is 1.05. The fraction of sp³-hybridized carbons (Fsp3) is 0.917. The highest BCUT2D eigenvalue weighted by molar-refractivity contribution is 7.99. The number of nitrogens with one attached hydrogen (secondary N) is 2. The smallest absolute Gasteiger partial charge is 0.234 e. The summed E-state index contributed by atoms with van der Waals surface area (Å²) >= 11 is 2.06. The highest BCUT2D eigenvalue weighted by Gasteiger charge is 2.26. The highest BCUT2D eigenvalue weighted by atomic mass is 32.2. The van der Waals surface area contributed by atoms with Crippen LogP contribution in [0.15, 0.2) is 0 Å². The average Bonchev–Trinajstić information content (AvgIpc) is 2.95. The minimum atomic E-state index is 0.175. The first-order chi connectivity index (χ1) is 7.78. The Hall–Kier alpha value is -0.220. The minimum Gasteiger partial charge on any atom is -0.352 e. The van der Waals surface area contributed by atoms with Gasteiger partial charge in [0.25, 0.3) is 0 Å². The Balaban J connectivity index is 1.57. The summed E-state index contributed by atoms with van der Waals surface area (Å²) in [6.07, 6.45) is 6.11. The van der Waals surface area contributed by atoms with E-state index in [1.165, 1.54) is 37.9 Å². The lowest BCUT2D eigenvalue weighted by atomic mass is 10.2. The molecule has 0 bridgehead atoms. The fourth-order valence-electron chi connectivity index (χ4n) is 2.26. The molecule has 2 atom stereocenters. The molecule has 2 saturated carbocycles. The summed E-state index contributed by atoms with van der Waals surface area (Å²) in [5.41, 5.74) is 0. The molecule has 3 nitrogen and oxygen atoms in total. The number of hydrogen-bond acceptors (Lipinski definition) is 3. The number of carbonyl (C=O) groups is 1. The predicted molar refractivity (Wildman–Crippen MR) is 68.7 cm³/mol. The van der Waals surface area contributed by atoms with Gasteiger partial charge in [-0.1, -0.05) is 6.92 Å². The molecule has 1 amide bonds. The Morgan fingerprint density at radius 1 is 1.25 bits per heavy atom. The average molecular weight is 242 g/mol. The third-order valence-corrected chi connectivity index (χ3v) is 4.51. The second-order valence-electron chi connectivity index (χ2n) is 4.81. The van der Waals surface area contributed by atoms with Crippen LogP contribution in [0.2, 0.25) is 0 Å². The molecular weight excluding hydrogens is 220 g/mol. The van der Waals surface area contributed by atoms with Crippen LogP contribution in [0, 0.1) is 0 Å². The Kier molecular flexibility index (Phi) is 4.53. The summed E-state index contributed by atoms with van der Waals surface area (Å²) in [5.74, 6) is 1.38. The number of amides is 1. The molecule has 4 heteroatoms. The van der Waals surface area contributed by atoms with Crippen LogP contribution >= 0.6 is 11.8 Å². The van der Waals surface area contributed by atoms with Crippen molar-refractivity contribution < 1.29 is 4.79 Å². The zero-order valence-corrected chi connectivity index (χ0v) is 10.8. The van der Waals surface area contributed by atoms with Crippen molar-refractivity contribution >= 4 is 17.7 Å². The quantitative estimate of drug-likeness (QED) is 0.742. The second kappa shape index (κ2) is 5.92. The monoisotopic (exact) mass is 242 g/mol. The van der Waals surface area contributed by atoms with Crippen molar-refractivity contribution in [3.05, 3.63) is 0 Å². The van der Waals surface area contributed by atoms with Gasteiger partial charge in [0.2, 0.25) is 5.91 Å². The van der Waals surface area contributed by atoms with Crippen molar-refractivity contribution in [3.8, 4) is 0 Å². The van der Waals surface area contributed by atoms with Gasteiger partial charge in [0.15, 0.2) is 0 Å². The van der Waals surface area contributed by atoms with E-state index in [9.17, 15) is 4.79 Å². The van der Waals surface area contributed by atoms with Gasteiger partial charge in [0, 0.05) is 17.3 Å². The van der Waals surface area contributed by atoms with Gasteiger partial charge in [-0.3, -0.25) is 4.79 Å². The Labute approximate surface area is 102 Å². The van der Waals surface area contributed by atoms with Gasteiger partial charge in [-0.15, -0.1) is 0 Å². The van der Waals surface area contributed by atoms with Crippen LogP contribution < -0.4 is 10.6 Å². The Morgan fingerprint density at radius 2 is 2.00 bits per heavy atom. The molecule has 2 fully saturated rings. The van der Waals surface area contributed by atoms with Gasteiger partial charge in [-0.2, -0.15) is 11.8 Å². The molecule has 0 aromatic carbocycles. The molecule has 0 spiro atoms. The molecule has 92 valence electrons. The van der Waals surface area contributed by atoms with Gasteiger partial charge >= 0.3 is 0 Å². The summed E-state index contributed by atoms with van der Waals surface area (Å²) in [5, 5.41) is 7.20. The van der Waals surface area contributed by atoms with Crippen LogP contribution in [0.3, 0.4) is 0 Å². The molecule has 0 aromatic rings. The molecule has 16 heavy (non-hydrogen) atoms. The molecule has 2 aliphatic rings. The van der Waals surface area contributed by atoms with Gasteiger partial charge < -0.3 is 10.6 Å². The molecule has 2 rings (SSSR count). The first-order valence-electron chi connectivity index (χ1n) is 6.42. The molecule has 2 aliphatic carbocycles. The summed E-state index contributed by atoms with van der Waals surface area (Å²) in [7, 11) is 0. The van der Waals surface area contributed by atoms with Gasteiger partial charge in [0.1, 0.15) is 0 Å². The number of carbonyl (C=O) groups excluding carboxylic acids is 1. The number of hydrogen-bond donors (Lipinski definition) is 2. The first-order valence-corrected chi connectivity index (χ1v) is 7.47. The molecule has 0 radical (unpaired) electrons. The lowest BCUT2D eigenvalue weighted by Crippen LogP contribution is -2.39. The minimum absolute atomic E-state index is 0.175. The largest absolute Gasteiger partial charge is 0.352 e. The number of rotatable bonds is 6. The van der Waals surface area contributed by atoms with E-state index in [0.29, 0.717) is 18.6 Å². The lowest BCUT2D eigenvalue weighted by molar-refractivity contribution is -0.120. The molecule has 0 aliphatic heterocycles. The molecule has 0 saturated heterocycles. The maximum Gasteiger partial charge on any atom is 0.234 e. The Bertz CT molecular complexity index is 243. The summed E-state index contributed by atoms with van der Waals surface area (Å²) < 4.78 is 0. The summed E-state index contributed by atoms with van der Waals surface area (Å²) in [6.45, 7) is 2.72. The molecule has 2 N–H and O–H groups in total. The van der Waals surface area contributed by atoms with Crippen LogP contribution in [0.1, 0.15) is 39.0 Å². The van der Waals surface area contributed by atoms with E-state index in [2.05, 4.69) is 29.3 Å². The lowest BCUT2D eigenvalue weighted by Gasteiger charge is -2.12. The van der Waals surface area contributed by atoms with Crippen LogP contribution in [0.5, 0.6) is 0 Å². The topological polar surface area (TPSA) is 41.1 Å². The van der Waals surface area contributed by atoms with E-state index in [4.69, 9.17) is 0 Å². The van der Waals surface area contributed by atoms with Crippen molar-refractivity contribution in [1.29, 1.82) is 0 Å². The van der Waals surface area contributed by atoms with E-state index in [1.54, 1.807) is 0 Å². The van der Waals surface area contributed by atoms with E-state index in [1.807, 2.05) is 0 Å². The number of thioether (sulfide) groups is 1. The van der Waals surface area contributed by atoms with Crippen molar-refractivity contribution in [2.75, 3.05) is 12.3 Å². The van der Waals surface area contributed by atoms with Crippen LogP contribution in [-0.2, 0) is 4.79 Å². The van der Waals surface area contributed by atoms with Gasteiger partial charge in [-0.05, 0) is 37.9 Å².